The average molecular weight is 361 g/mol. The molecule has 7 heteroatoms. The van der Waals surface area contributed by atoms with E-state index in [2.05, 4.69) is 26.2 Å². The minimum absolute atomic E-state index is 0.0651. The first-order valence-electron chi connectivity index (χ1n) is 8.17. The molecule has 1 N–H and O–H groups in total. The second-order valence-electron chi connectivity index (χ2n) is 5.87. The molecule has 0 bridgehead atoms. The van der Waals surface area contributed by atoms with Gasteiger partial charge in [-0.05, 0) is 24.3 Å². The number of carbonyl (C=O) groups excluding carboxylic acids is 1. The number of halogens is 1. The Morgan fingerprint density at radius 3 is 2.72 bits per heavy atom. The highest BCUT2D eigenvalue weighted by Crippen LogP contribution is 2.22. The van der Waals surface area contributed by atoms with Gasteiger partial charge >= 0.3 is 0 Å². The molecular weight excluding hydrogens is 340 g/mol. The van der Waals surface area contributed by atoms with Crippen molar-refractivity contribution in [2.24, 2.45) is 0 Å². The number of nitrogens with one attached hydrogen (secondary N) is 1. The lowest BCUT2D eigenvalue weighted by Crippen LogP contribution is -2.48. The Balaban J connectivity index is 1.48. The fourth-order valence-corrected chi connectivity index (χ4v) is 2.92. The van der Waals surface area contributed by atoms with E-state index in [9.17, 15) is 4.79 Å². The van der Waals surface area contributed by atoms with Crippen molar-refractivity contribution < 1.29 is 9.53 Å². The molecule has 0 unspecified atom stereocenters. The van der Waals surface area contributed by atoms with Gasteiger partial charge in [-0.15, -0.1) is 0 Å². The molecule has 0 atom stereocenters. The van der Waals surface area contributed by atoms with Gasteiger partial charge in [0.15, 0.2) is 0 Å². The quantitative estimate of drug-likeness (QED) is 0.887. The molecule has 1 aliphatic rings. The molecule has 1 aliphatic heterocycles. The highest BCUT2D eigenvalue weighted by Gasteiger charge is 2.19. The molecule has 1 saturated heterocycles. The van der Waals surface area contributed by atoms with E-state index in [4.69, 9.17) is 16.3 Å². The van der Waals surface area contributed by atoms with E-state index in [1.54, 1.807) is 19.2 Å². The molecule has 1 aromatic carbocycles. The van der Waals surface area contributed by atoms with Crippen molar-refractivity contribution in [3.63, 3.8) is 0 Å². The number of methoxy groups -OCH3 is 1. The molecule has 25 heavy (non-hydrogen) atoms. The summed E-state index contributed by atoms with van der Waals surface area (Å²) in [6.07, 6.45) is 1.52. The van der Waals surface area contributed by atoms with Crippen LogP contribution in [0.5, 0.6) is 5.75 Å². The predicted molar refractivity (Wildman–Crippen MR) is 99.5 cm³/mol. The van der Waals surface area contributed by atoms with Crippen LogP contribution in [0, 0.1) is 0 Å². The Morgan fingerprint density at radius 1 is 1.24 bits per heavy atom. The minimum Gasteiger partial charge on any atom is -0.497 e. The number of amides is 1. The van der Waals surface area contributed by atoms with E-state index in [0.29, 0.717) is 17.4 Å². The highest BCUT2D eigenvalue weighted by atomic mass is 35.5. The maximum Gasteiger partial charge on any atom is 0.239 e. The van der Waals surface area contributed by atoms with E-state index in [0.717, 1.165) is 37.6 Å². The first-order valence-corrected chi connectivity index (χ1v) is 8.54. The molecule has 2 aromatic rings. The molecule has 6 nitrogen and oxygen atoms in total. The maximum atomic E-state index is 12.1. The zero-order valence-corrected chi connectivity index (χ0v) is 14.9. The largest absolute Gasteiger partial charge is 0.497 e. The van der Waals surface area contributed by atoms with Gasteiger partial charge in [0.25, 0.3) is 0 Å². The van der Waals surface area contributed by atoms with Crippen LogP contribution in [0.25, 0.3) is 0 Å². The molecule has 132 valence electrons. The average Bonchev–Trinajstić information content (AvgIpc) is 2.64. The number of rotatable bonds is 5. The lowest BCUT2D eigenvalue weighted by atomic mass is 10.2. The van der Waals surface area contributed by atoms with Crippen molar-refractivity contribution in [3.8, 4) is 5.75 Å². The normalized spacial score (nSPS) is 15.0. The van der Waals surface area contributed by atoms with E-state index in [-0.39, 0.29) is 5.91 Å². The molecule has 0 radical (unpaired) electrons. The van der Waals surface area contributed by atoms with Gasteiger partial charge in [-0.25, -0.2) is 4.98 Å². The predicted octanol–water partition coefficient (Wildman–Crippen LogP) is 2.50. The molecule has 0 aliphatic carbocycles. The SMILES string of the molecule is COc1cccc(N2CCN(CC(=O)Nc3ccc(Cl)cn3)CC2)c1. The third-order valence-electron chi connectivity index (χ3n) is 4.15. The minimum atomic E-state index is -0.0651. The first kappa shape index (κ1) is 17.5. The van der Waals surface area contributed by atoms with Gasteiger partial charge in [-0.3, -0.25) is 9.69 Å². The van der Waals surface area contributed by atoms with Crippen LogP contribution >= 0.6 is 11.6 Å². The Kier molecular flexibility index (Phi) is 5.73. The lowest BCUT2D eigenvalue weighted by molar-refractivity contribution is -0.117. The summed E-state index contributed by atoms with van der Waals surface area (Å²) in [5, 5.41) is 3.34. The summed E-state index contributed by atoms with van der Waals surface area (Å²) in [6.45, 7) is 3.77. The molecule has 1 fully saturated rings. The summed E-state index contributed by atoms with van der Waals surface area (Å²) in [5.41, 5.74) is 1.15. The van der Waals surface area contributed by atoms with Crippen LogP contribution in [0.1, 0.15) is 0 Å². The van der Waals surface area contributed by atoms with Crippen molar-refractivity contribution in [3.05, 3.63) is 47.6 Å². The Morgan fingerprint density at radius 2 is 2.04 bits per heavy atom. The van der Waals surface area contributed by atoms with Crippen LogP contribution in [0.2, 0.25) is 5.02 Å². The molecule has 1 aromatic heterocycles. The summed E-state index contributed by atoms with van der Waals surface area (Å²) in [4.78, 5) is 20.7. The standard InChI is InChI=1S/C18H21ClN4O2/c1-25-16-4-2-3-15(11-16)23-9-7-22(8-10-23)13-18(24)21-17-6-5-14(19)12-20-17/h2-6,11-12H,7-10,13H2,1H3,(H,20,21,24). The van der Waals surface area contributed by atoms with Gasteiger partial charge in [0, 0.05) is 44.1 Å². The van der Waals surface area contributed by atoms with Gasteiger partial charge < -0.3 is 15.0 Å². The van der Waals surface area contributed by atoms with Crippen molar-refractivity contribution in [2.45, 2.75) is 0 Å². The Hall–Kier alpha value is -2.31. The third-order valence-corrected chi connectivity index (χ3v) is 4.38. The van der Waals surface area contributed by atoms with Crippen LogP contribution < -0.4 is 15.0 Å². The van der Waals surface area contributed by atoms with Crippen LogP contribution in [-0.4, -0.2) is 55.6 Å². The van der Waals surface area contributed by atoms with Crippen molar-refractivity contribution >= 4 is 29.0 Å². The first-order chi connectivity index (χ1) is 12.1. The monoisotopic (exact) mass is 360 g/mol. The number of aromatic nitrogens is 1. The van der Waals surface area contributed by atoms with E-state index < -0.39 is 0 Å². The zero-order valence-electron chi connectivity index (χ0n) is 14.1. The second kappa shape index (κ2) is 8.18. The smallest absolute Gasteiger partial charge is 0.239 e. The van der Waals surface area contributed by atoms with Crippen LogP contribution in [0.15, 0.2) is 42.6 Å². The van der Waals surface area contributed by atoms with E-state index in [1.165, 1.54) is 6.20 Å². The van der Waals surface area contributed by atoms with Gasteiger partial charge in [0.1, 0.15) is 11.6 Å². The molecule has 3 rings (SSSR count). The van der Waals surface area contributed by atoms with Crippen molar-refractivity contribution in [2.75, 3.05) is 50.1 Å². The Bertz CT molecular complexity index is 715. The second-order valence-corrected chi connectivity index (χ2v) is 6.31. The molecule has 0 spiro atoms. The van der Waals surface area contributed by atoms with Gasteiger partial charge in [-0.1, -0.05) is 17.7 Å². The van der Waals surface area contributed by atoms with Crippen molar-refractivity contribution in [1.29, 1.82) is 0 Å². The number of pyridine rings is 1. The fourth-order valence-electron chi connectivity index (χ4n) is 2.81. The molecular formula is C18H21ClN4O2. The summed E-state index contributed by atoms with van der Waals surface area (Å²) in [6, 6.07) is 11.5. The number of benzene rings is 1. The number of hydrogen-bond donors (Lipinski definition) is 1. The zero-order chi connectivity index (χ0) is 17.6. The fraction of sp³-hybridized carbons (Fsp3) is 0.333. The summed E-state index contributed by atoms with van der Waals surface area (Å²) >= 11 is 5.79. The maximum absolute atomic E-state index is 12.1. The molecule has 2 heterocycles. The number of piperazine rings is 1. The topological polar surface area (TPSA) is 57.7 Å². The van der Waals surface area contributed by atoms with E-state index >= 15 is 0 Å². The van der Waals surface area contributed by atoms with E-state index in [1.807, 2.05) is 18.2 Å². The van der Waals surface area contributed by atoms with Crippen LogP contribution in [-0.2, 0) is 4.79 Å². The number of ether oxygens (including phenoxy) is 1. The summed E-state index contributed by atoms with van der Waals surface area (Å²) < 4.78 is 5.28. The molecule has 0 saturated carbocycles. The Labute approximate surface area is 152 Å². The summed E-state index contributed by atoms with van der Waals surface area (Å²) in [5.74, 6) is 1.31. The number of nitrogens with zero attached hydrogens (tertiary/aromatic N) is 3. The highest BCUT2D eigenvalue weighted by molar-refractivity contribution is 6.30. The van der Waals surface area contributed by atoms with Gasteiger partial charge in [0.2, 0.25) is 5.91 Å². The van der Waals surface area contributed by atoms with Crippen LogP contribution in [0.4, 0.5) is 11.5 Å². The third kappa shape index (κ3) is 4.84. The summed E-state index contributed by atoms with van der Waals surface area (Å²) in [7, 11) is 1.67. The van der Waals surface area contributed by atoms with Gasteiger partial charge in [0.05, 0.1) is 18.7 Å². The number of anilines is 2. The van der Waals surface area contributed by atoms with Crippen molar-refractivity contribution in [1.82, 2.24) is 9.88 Å². The van der Waals surface area contributed by atoms with Crippen LogP contribution in [0.3, 0.4) is 0 Å². The number of carbonyl (C=O) groups is 1. The molecule has 1 amide bonds. The van der Waals surface area contributed by atoms with Gasteiger partial charge in [-0.2, -0.15) is 0 Å². The lowest BCUT2D eigenvalue weighted by Gasteiger charge is -2.35. The number of hydrogen-bond acceptors (Lipinski definition) is 5.